The lowest BCUT2D eigenvalue weighted by Gasteiger charge is -2.18. The highest BCUT2D eigenvalue weighted by atomic mass is 16.1. The van der Waals surface area contributed by atoms with E-state index in [1.807, 2.05) is 31.2 Å². The third-order valence-electron chi connectivity index (χ3n) is 3.50. The Morgan fingerprint density at radius 3 is 2.50 bits per heavy atom. The predicted molar refractivity (Wildman–Crippen MR) is 83.8 cm³/mol. The van der Waals surface area contributed by atoms with Crippen molar-refractivity contribution in [3.63, 3.8) is 0 Å². The van der Waals surface area contributed by atoms with Gasteiger partial charge in [0.05, 0.1) is 5.69 Å². The number of hydrogen-bond donors (Lipinski definition) is 1. The highest BCUT2D eigenvalue weighted by Crippen LogP contribution is 2.24. The lowest BCUT2D eigenvalue weighted by atomic mass is 9.88. The van der Waals surface area contributed by atoms with E-state index in [-0.39, 0.29) is 11.0 Å². The van der Waals surface area contributed by atoms with Crippen LogP contribution < -0.4 is 5.56 Å². The summed E-state index contributed by atoms with van der Waals surface area (Å²) >= 11 is 0. The molecule has 3 heteroatoms. The zero-order chi connectivity index (χ0) is 14.9. The van der Waals surface area contributed by atoms with E-state index in [2.05, 4.69) is 32.8 Å². The van der Waals surface area contributed by atoms with Gasteiger partial charge in [0.2, 0.25) is 0 Å². The zero-order valence-electron chi connectivity index (χ0n) is 13.1. The van der Waals surface area contributed by atoms with Crippen LogP contribution in [0.3, 0.4) is 0 Å². The number of benzene rings is 1. The number of aryl methyl sites for hydroxylation is 1. The molecule has 3 nitrogen and oxygen atoms in total. The molecule has 1 heterocycles. The summed E-state index contributed by atoms with van der Waals surface area (Å²) in [4.78, 5) is 12.7. The van der Waals surface area contributed by atoms with Crippen LogP contribution in [-0.2, 0) is 11.8 Å². The van der Waals surface area contributed by atoms with Crippen molar-refractivity contribution < 1.29 is 0 Å². The second-order valence-electron chi connectivity index (χ2n) is 6.44. The summed E-state index contributed by atoms with van der Waals surface area (Å²) in [5.74, 6) is 0. The molecule has 0 bridgehead atoms. The van der Waals surface area contributed by atoms with Crippen LogP contribution in [0.4, 0.5) is 0 Å². The van der Waals surface area contributed by atoms with E-state index in [1.54, 1.807) is 4.68 Å². The van der Waals surface area contributed by atoms with E-state index in [9.17, 15) is 4.79 Å². The third-order valence-corrected chi connectivity index (χ3v) is 3.50. The van der Waals surface area contributed by atoms with E-state index in [4.69, 9.17) is 0 Å². The molecule has 1 aromatic carbocycles. The Morgan fingerprint density at radius 1 is 1.25 bits per heavy atom. The molecule has 0 spiro atoms. The van der Waals surface area contributed by atoms with Crippen molar-refractivity contribution >= 4 is 0 Å². The molecule has 0 amide bonds. The Kier molecular flexibility index (Phi) is 3.89. The van der Waals surface area contributed by atoms with E-state index in [0.717, 1.165) is 35.3 Å². The van der Waals surface area contributed by atoms with Gasteiger partial charge in [-0.2, -0.15) is 0 Å². The lowest BCUT2D eigenvalue weighted by Crippen LogP contribution is -2.18. The first kappa shape index (κ1) is 14.6. The molecule has 0 radical (unpaired) electrons. The van der Waals surface area contributed by atoms with Crippen LogP contribution in [0.2, 0.25) is 0 Å². The van der Waals surface area contributed by atoms with Crippen molar-refractivity contribution in [1.29, 1.82) is 0 Å². The second-order valence-corrected chi connectivity index (χ2v) is 6.44. The maximum atomic E-state index is 12.7. The van der Waals surface area contributed by atoms with Gasteiger partial charge in [-0.15, -0.1) is 0 Å². The molecule has 0 unspecified atom stereocenters. The van der Waals surface area contributed by atoms with Crippen molar-refractivity contribution in [2.45, 2.75) is 52.9 Å². The van der Waals surface area contributed by atoms with Crippen molar-refractivity contribution in [2.75, 3.05) is 0 Å². The van der Waals surface area contributed by atoms with E-state index in [0.29, 0.717) is 0 Å². The molecule has 0 aliphatic carbocycles. The number of nitrogens with zero attached hydrogens (tertiary/aromatic N) is 1. The molecule has 0 atom stereocenters. The summed E-state index contributed by atoms with van der Waals surface area (Å²) in [6.45, 7) is 10.6. The van der Waals surface area contributed by atoms with Gasteiger partial charge in [-0.3, -0.25) is 9.89 Å². The number of aromatic nitrogens is 2. The maximum absolute atomic E-state index is 12.7. The molecule has 0 aliphatic heterocycles. The molecule has 1 aromatic heterocycles. The normalized spacial score (nSPS) is 11.8. The first-order chi connectivity index (χ1) is 9.34. The summed E-state index contributed by atoms with van der Waals surface area (Å²) in [6, 6.07) is 8.01. The topological polar surface area (TPSA) is 37.8 Å². The first-order valence-electron chi connectivity index (χ1n) is 7.26. The van der Waals surface area contributed by atoms with Crippen LogP contribution >= 0.6 is 0 Å². The van der Waals surface area contributed by atoms with Gasteiger partial charge in [-0.1, -0.05) is 46.2 Å². The Bertz CT molecular complexity index is 656. The summed E-state index contributed by atoms with van der Waals surface area (Å²) < 4.78 is 1.68. The van der Waals surface area contributed by atoms with Crippen LogP contribution in [-0.4, -0.2) is 9.78 Å². The number of hydrogen-bond acceptors (Lipinski definition) is 1. The van der Waals surface area contributed by atoms with Gasteiger partial charge in [0, 0.05) is 16.7 Å². The Hall–Kier alpha value is -1.77. The largest absolute Gasteiger partial charge is 0.294 e. The van der Waals surface area contributed by atoms with Gasteiger partial charge in [-0.05, 0) is 31.0 Å². The van der Waals surface area contributed by atoms with Crippen LogP contribution in [0.1, 0.15) is 50.9 Å². The molecule has 20 heavy (non-hydrogen) atoms. The van der Waals surface area contributed by atoms with E-state index < -0.39 is 0 Å². The lowest BCUT2D eigenvalue weighted by molar-refractivity contribution is 0.553. The van der Waals surface area contributed by atoms with Gasteiger partial charge in [0.1, 0.15) is 0 Å². The van der Waals surface area contributed by atoms with Crippen molar-refractivity contribution in [1.82, 2.24) is 9.78 Å². The van der Waals surface area contributed by atoms with Crippen molar-refractivity contribution in [2.24, 2.45) is 0 Å². The molecule has 108 valence electrons. The number of nitrogens with one attached hydrogen (secondary N) is 1. The Morgan fingerprint density at radius 2 is 1.95 bits per heavy atom. The minimum absolute atomic E-state index is 0.0568. The van der Waals surface area contributed by atoms with Crippen LogP contribution in [0, 0.1) is 6.92 Å². The molecular weight excluding hydrogens is 248 g/mol. The van der Waals surface area contributed by atoms with Crippen molar-refractivity contribution in [3.8, 4) is 5.69 Å². The molecule has 2 rings (SSSR count). The van der Waals surface area contributed by atoms with Crippen molar-refractivity contribution in [3.05, 3.63) is 51.4 Å². The van der Waals surface area contributed by atoms with Gasteiger partial charge in [-0.25, -0.2) is 4.68 Å². The first-order valence-corrected chi connectivity index (χ1v) is 7.26. The molecule has 0 aliphatic rings. The fraction of sp³-hybridized carbons (Fsp3) is 0.471. The highest BCUT2D eigenvalue weighted by molar-refractivity contribution is 5.37. The number of aromatic amines is 1. The van der Waals surface area contributed by atoms with Gasteiger partial charge >= 0.3 is 0 Å². The monoisotopic (exact) mass is 272 g/mol. The maximum Gasteiger partial charge on any atom is 0.274 e. The van der Waals surface area contributed by atoms with Gasteiger partial charge in [0.25, 0.3) is 5.56 Å². The predicted octanol–water partition coefficient (Wildman–Crippen LogP) is 3.72. The second kappa shape index (κ2) is 5.31. The Balaban J connectivity index is 2.64. The fourth-order valence-electron chi connectivity index (χ4n) is 2.52. The zero-order valence-corrected chi connectivity index (χ0v) is 13.1. The van der Waals surface area contributed by atoms with Crippen LogP contribution in [0.25, 0.3) is 5.69 Å². The Labute approximate surface area is 120 Å². The summed E-state index contributed by atoms with van der Waals surface area (Å²) in [7, 11) is 0. The van der Waals surface area contributed by atoms with E-state index in [1.165, 1.54) is 0 Å². The van der Waals surface area contributed by atoms with Gasteiger partial charge < -0.3 is 0 Å². The average molecular weight is 272 g/mol. The minimum Gasteiger partial charge on any atom is -0.294 e. The van der Waals surface area contributed by atoms with Crippen LogP contribution in [0.5, 0.6) is 0 Å². The standard InChI is InChI=1S/C17H24N2O/c1-6-8-14-15(17(3,4)5)18-19(16(14)20)13-10-7-9-12(2)11-13/h7,9-11,18H,6,8H2,1-5H3. The summed E-state index contributed by atoms with van der Waals surface area (Å²) in [5.41, 5.74) is 4.05. The third kappa shape index (κ3) is 2.72. The molecule has 1 N–H and O–H groups in total. The summed E-state index contributed by atoms with van der Waals surface area (Å²) in [5, 5.41) is 3.32. The molecule has 0 fully saturated rings. The molecule has 0 saturated heterocycles. The average Bonchev–Trinajstić information content (AvgIpc) is 2.68. The van der Waals surface area contributed by atoms with E-state index >= 15 is 0 Å². The number of H-pyrrole nitrogens is 1. The van der Waals surface area contributed by atoms with Crippen LogP contribution in [0.15, 0.2) is 29.1 Å². The molecule has 0 saturated carbocycles. The quantitative estimate of drug-likeness (QED) is 0.908. The SMILES string of the molecule is CCCc1c(C(C)(C)C)[nH]n(-c2cccc(C)c2)c1=O. The summed E-state index contributed by atoms with van der Waals surface area (Å²) in [6.07, 6.45) is 1.80. The molecular formula is C17H24N2O. The fourth-order valence-corrected chi connectivity index (χ4v) is 2.52. The number of rotatable bonds is 3. The minimum atomic E-state index is -0.0568. The molecule has 2 aromatic rings. The highest BCUT2D eigenvalue weighted by Gasteiger charge is 2.24. The smallest absolute Gasteiger partial charge is 0.274 e. The van der Waals surface area contributed by atoms with Gasteiger partial charge in [0.15, 0.2) is 0 Å².